The number of piperidine rings is 1. The smallest absolute Gasteiger partial charge is 0.490 e. The minimum Gasteiger partial charge on any atom is -0.490 e. The first-order valence-corrected chi connectivity index (χ1v) is 9.48. The molecule has 1 saturated heterocycles. The number of alkyl halides is 6. The summed E-state index contributed by atoms with van der Waals surface area (Å²) in [6.07, 6.45) is -6.64. The van der Waals surface area contributed by atoms with Crippen LogP contribution in [0.4, 0.5) is 32.0 Å². The number of carboxylic acids is 1. The normalized spacial score (nSPS) is 14.6. The Morgan fingerprint density at radius 2 is 1.58 bits per heavy atom. The van der Waals surface area contributed by atoms with E-state index in [0.29, 0.717) is 11.4 Å². The van der Waals surface area contributed by atoms with Gasteiger partial charge >= 0.3 is 18.3 Å². The average Bonchev–Trinajstić information content (AvgIpc) is 2.75. The predicted molar refractivity (Wildman–Crippen MR) is 104 cm³/mol. The summed E-state index contributed by atoms with van der Waals surface area (Å²) in [5.41, 5.74) is -0.464. The van der Waals surface area contributed by atoms with Gasteiger partial charge in [0.1, 0.15) is 17.5 Å². The topological polar surface area (TPSA) is 101 Å². The molecule has 2 aromatic rings. The van der Waals surface area contributed by atoms with Crippen LogP contribution in [0.15, 0.2) is 42.6 Å². The van der Waals surface area contributed by atoms with Crippen LogP contribution >= 0.6 is 0 Å². The van der Waals surface area contributed by atoms with Crippen LogP contribution in [0.3, 0.4) is 0 Å². The summed E-state index contributed by atoms with van der Waals surface area (Å²) in [6.45, 7) is 1.86. The maximum atomic E-state index is 12.5. The lowest BCUT2D eigenvalue weighted by atomic mass is 10.1. The van der Waals surface area contributed by atoms with Gasteiger partial charge in [0.25, 0.3) is 5.91 Å². The fourth-order valence-electron chi connectivity index (χ4n) is 2.62. The third-order valence-electron chi connectivity index (χ3n) is 4.26. The van der Waals surface area contributed by atoms with E-state index in [1.54, 1.807) is 24.3 Å². The lowest BCUT2D eigenvalue weighted by Gasteiger charge is -2.23. The maximum absolute atomic E-state index is 12.5. The van der Waals surface area contributed by atoms with Crippen LogP contribution in [0.5, 0.6) is 5.75 Å². The average molecular weight is 479 g/mol. The number of hydrogen-bond donors (Lipinski definition) is 3. The van der Waals surface area contributed by atoms with Gasteiger partial charge in [-0.3, -0.25) is 9.78 Å². The summed E-state index contributed by atoms with van der Waals surface area (Å²) in [6, 6.07) is 8.76. The summed E-state index contributed by atoms with van der Waals surface area (Å²) in [5, 5.41) is 13.0. The van der Waals surface area contributed by atoms with E-state index in [1.807, 2.05) is 0 Å². The number of anilines is 1. The highest BCUT2D eigenvalue weighted by molar-refractivity contribution is 6.04. The van der Waals surface area contributed by atoms with Crippen LogP contribution in [-0.4, -0.2) is 47.3 Å². The van der Waals surface area contributed by atoms with Crippen LogP contribution in [-0.2, 0) is 11.0 Å². The molecule has 1 aromatic carbocycles. The molecule has 0 radical (unpaired) electrons. The van der Waals surface area contributed by atoms with Gasteiger partial charge in [-0.2, -0.15) is 26.3 Å². The number of nitrogens with zero attached hydrogens (tertiary/aromatic N) is 1. The number of benzene rings is 1. The maximum Gasteiger partial charge on any atom is 0.490 e. The second-order valence-corrected chi connectivity index (χ2v) is 6.78. The molecule has 0 unspecified atom stereocenters. The molecule has 1 fully saturated rings. The van der Waals surface area contributed by atoms with Crippen LogP contribution in [0, 0.1) is 0 Å². The molecule has 33 heavy (non-hydrogen) atoms. The molecule has 0 aliphatic carbocycles. The third-order valence-corrected chi connectivity index (χ3v) is 4.26. The van der Waals surface area contributed by atoms with Crippen LogP contribution in [0.25, 0.3) is 0 Å². The number of rotatable bonds is 4. The number of carbonyl (C=O) groups excluding carboxylic acids is 1. The first-order valence-electron chi connectivity index (χ1n) is 9.48. The summed E-state index contributed by atoms with van der Waals surface area (Å²) in [4.78, 5) is 24.3. The number of carbonyl (C=O) groups is 2. The van der Waals surface area contributed by atoms with E-state index in [9.17, 15) is 31.1 Å². The monoisotopic (exact) mass is 479 g/mol. The standard InChI is InChI=1S/C18H18F3N3O2.C2HF3O2/c19-18(20,21)16-6-1-12(11-23-16)17(25)24-13-2-4-14(5-3-13)26-15-7-9-22-10-8-15;3-2(4,5)1(6)7/h1-6,11,15,22H,7-10H2,(H,24,25);(H,6,7). The Morgan fingerprint density at radius 3 is 2.03 bits per heavy atom. The number of ether oxygens (including phenoxy) is 1. The summed E-state index contributed by atoms with van der Waals surface area (Å²) < 4.78 is 75.1. The molecule has 13 heteroatoms. The molecule has 0 bridgehead atoms. The second-order valence-electron chi connectivity index (χ2n) is 6.78. The number of halogens is 6. The van der Waals surface area contributed by atoms with Crippen LogP contribution in [0.1, 0.15) is 28.9 Å². The molecule has 7 nitrogen and oxygen atoms in total. The highest BCUT2D eigenvalue weighted by atomic mass is 19.4. The number of hydrogen-bond acceptors (Lipinski definition) is 5. The highest BCUT2D eigenvalue weighted by Gasteiger charge is 2.38. The molecular formula is C20H19F6N3O4. The summed E-state index contributed by atoms with van der Waals surface area (Å²) in [7, 11) is 0. The van der Waals surface area contributed by atoms with Gasteiger partial charge in [-0.05, 0) is 62.3 Å². The van der Waals surface area contributed by atoms with Crippen LogP contribution in [0.2, 0.25) is 0 Å². The van der Waals surface area contributed by atoms with Gasteiger partial charge in [-0.1, -0.05) is 0 Å². The number of aliphatic carboxylic acids is 1. The molecule has 3 rings (SSSR count). The van der Waals surface area contributed by atoms with Crippen molar-refractivity contribution in [1.29, 1.82) is 0 Å². The van der Waals surface area contributed by atoms with Gasteiger partial charge in [-0.15, -0.1) is 0 Å². The van der Waals surface area contributed by atoms with E-state index in [2.05, 4.69) is 15.6 Å². The molecule has 1 aliphatic rings. The zero-order chi connectivity index (χ0) is 24.6. The van der Waals surface area contributed by atoms with Gasteiger partial charge in [0.15, 0.2) is 0 Å². The van der Waals surface area contributed by atoms with E-state index in [0.717, 1.165) is 44.3 Å². The van der Waals surface area contributed by atoms with Gasteiger partial charge in [0.2, 0.25) is 0 Å². The minimum absolute atomic E-state index is 0.0491. The molecule has 0 atom stereocenters. The number of aromatic nitrogens is 1. The van der Waals surface area contributed by atoms with Crippen molar-refractivity contribution in [2.24, 2.45) is 0 Å². The Kier molecular flexibility index (Phi) is 8.63. The molecule has 1 aliphatic heterocycles. The predicted octanol–water partition coefficient (Wildman–Crippen LogP) is 4.12. The number of nitrogens with one attached hydrogen (secondary N) is 2. The van der Waals surface area contributed by atoms with E-state index >= 15 is 0 Å². The number of amides is 1. The second kappa shape index (κ2) is 11.0. The van der Waals surface area contributed by atoms with Crippen molar-refractivity contribution in [3.8, 4) is 5.75 Å². The highest BCUT2D eigenvalue weighted by Crippen LogP contribution is 2.27. The van der Waals surface area contributed by atoms with Gasteiger partial charge in [0, 0.05) is 11.9 Å². The zero-order valence-electron chi connectivity index (χ0n) is 16.8. The van der Waals surface area contributed by atoms with Crippen molar-refractivity contribution in [2.75, 3.05) is 18.4 Å². The Morgan fingerprint density at radius 1 is 1.00 bits per heavy atom. The molecule has 1 amide bonds. The van der Waals surface area contributed by atoms with E-state index in [4.69, 9.17) is 14.6 Å². The van der Waals surface area contributed by atoms with Crippen molar-refractivity contribution >= 4 is 17.6 Å². The SMILES string of the molecule is O=C(Nc1ccc(OC2CCNCC2)cc1)c1ccc(C(F)(F)F)nc1.O=C(O)C(F)(F)F. The third kappa shape index (κ3) is 8.60. The fraction of sp³-hybridized carbons (Fsp3) is 0.350. The Balaban J connectivity index is 0.000000479. The zero-order valence-corrected chi connectivity index (χ0v) is 16.8. The van der Waals surface area contributed by atoms with E-state index < -0.39 is 29.9 Å². The molecule has 0 spiro atoms. The fourth-order valence-corrected chi connectivity index (χ4v) is 2.62. The molecule has 3 N–H and O–H groups in total. The van der Waals surface area contributed by atoms with Crippen molar-refractivity contribution in [3.05, 3.63) is 53.9 Å². The van der Waals surface area contributed by atoms with Gasteiger partial charge in [0.05, 0.1) is 5.56 Å². The lowest BCUT2D eigenvalue weighted by Crippen LogP contribution is -2.34. The van der Waals surface area contributed by atoms with E-state index in [-0.39, 0.29) is 11.7 Å². The molecular weight excluding hydrogens is 460 g/mol. The first-order chi connectivity index (χ1) is 15.4. The molecule has 0 saturated carbocycles. The van der Waals surface area contributed by atoms with Crippen molar-refractivity contribution in [1.82, 2.24) is 10.3 Å². The first kappa shape index (κ1) is 25.9. The van der Waals surface area contributed by atoms with Crippen molar-refractivity contribution in [2.45, 2.75) is 31.3 Å². The molecule has 1 aromatic heterocycles. The quantitative estimate of drug-likeness (QED) is 0.571. The number of pyridine rings is 1. The minimum atomic E-state index is -5.08. The van der Waals surface area contributed by atoms with Gasteiger partial charge < -0.3 is 20.5 Å². The van der Waals surface area contributed by atoms with Crippen molar-refractivity contribution in [3.63, 3.8) is 0 Å². The number of carboxylic acid groups (broad SMARTS) is 1. The molecule has 2 heterocycles. The largest absolute Gasteiger partial charge is 0.490 e. The molecule has 180 valence electrons. The van der Waals surface area contributed by atoms with Gasteiger partial charge in [-0.25, -0.2) is 4.79 Å². The Labute approximate surface area is 183 Å². The summed E-state index contributed by atoms with van der Waals surface area (Å²) in [5.74, 6) is -2.57. The van der Waals surface area contributed by atoms with E-state index in [1.165, 1.54) is 0 Å². The Hall–Kier alpha value is -3.35. The summed E-state index contributed by atoms with van der Waals surface area (Å²) >= 11 is 0. The van der Waals surface area contributed by atoms with Crippen LogP contribution < -0.4 is 15.4 Å². The van der Waals surface area contributed by atoms with Crippen molar-refractivity contribution < 1.29 is 45.8 Å². The lowest BCUT2D eigenvalue weighted by molar-refractivity contribution is -0.192. The Bertz CT molecular complexity index is 925.